The molecule has 0 bridgehead atoms. The van der Waals surface area contributed by atoms with Gasteiger partial charge in [-0.2, -0.15) is 0 Å². The molecule has 1 aromatic carbocycles. The van der Waals surface area contributed by atoms with E-state index in [-0.39, 0.29) is 17.8 Å². The Hall–Kier alpha value is -1.77. The molecular weight excluding hydrogens is 276 g/mol. The zero-order valence-electron chi connectivity index (χ0n) is 14.0. The molecule has 1 saturated carbocycles. The zero-order valence-corrected chi connectivity index (χ0v) is 14.0. The lowest BCUT2D eigenvalue weighted by Crippen LogP contribution is -2.19. The van der Waals surface area contributed by atoms with Crippen LogP contribution < -0.4 is 0 Å². The second-order valence-corrected chi connectivity index (χ2v) is 6.29. The molecule has 1 aliphatic rings. The van der Waals surface area contributed by atoms with Gasteiger partial charge in [-0.05, 0) is 81.7 Å². The van der Waals surface area contributed by atoms with Crippen molar-refractivity contribution in [2.45, 2.75) is 65.9 Å². The van der Waals surface area contributed by atoms with Gasteiger partial charge in [-0.25, -0.2) is 4.79 Å². The third kappa shape index (κ3) is 3.52. The summed E-state index contributed by atoms with van der Waals surface area (Å²) in [6.07, 6.45) is 8.61. The first-order chi connectivity index (χ1) is 10.4. The van der Waals surface area contributed by atoms with Crippen LogP contribution in [0.5, 0.6) is 5.75 Å². The number of phenolic OH excluding ortho intramolecular Hbond substituents is 1. The van der Waals surface area contributed by atoms with Gasteiger partial charge in [-0.15, -0.1) is 0 Å². The minimum Gasteiger partial charge on any atom is -0.507 e. The highest BCUT2D eigenvalue weighted by atomic mass is 16.5. The Bertz CT molecular complexity index is 564. The monoisotopic (exact) mass is 302 g/mol. The first kappa shape index (κ1) is 16.6. The number of benzene rings is 1. The molecule has 1 aromatic rings. The number of carbonyl (C=O) groups excluding carboxylic acids is 1. The van der Waals surface area contributed by atoms with E-state index in [2.05, 4.69) is 0 Å². The molecule has 0 heterocycles. The Morgan fingerprint density at radius 2 is 1.59 bits per heavy atom. The number of phenols is 1. The van der Waals surface area contributed by atoms with E-state index in [4.69, 9.17) is 4.74 Å². The summed E-state index contributed by atoms with van der Waals surface area (Å²) in [6.45, 7) is 7.90. The minimum absolute atomic E-state index is 0.0575. The van der Waals surface area contributed by atoms with Crippen LogP contribution in [-0.4, -0.2) is 17.2 Å². The van der Waals surface area contributed by atoms with Crippen molar-refractivity contribution in [2.24, 2.45) is 0 Å². The molecule has 0 radical (unpaired) electrons. The summed E-state index contributed by atoms with van der Waals surface area (Å²) < 4.78 is 5.47. The number of esters is 1. The van der Waals surface area contributed by atoms with Crippen LogP contribution in [0.4, 0.5) is 0 Å². The summed E-state index contributed by atoms with van der Waals surface area (Å²) in [4.78, 5) is 12.0. The maximum Gasteiger partial charge on any atom is 0.331 e. The van der Waals surface area contributed by atoms with Crippen LogP contribution in [0.25, 0.3) is 6.08 Å². The number of aromatic hydroxyl groups is 1. The number of hydrogen-bond donors (Lipinski definition) is 1. The van der Waals surface area contributed by atoms with Crippen molar-refractivity contribution in [3.63, 3.8) is 0 Å². The molecule has 3 heteroatoms. The van der Waals surface area contributed by atoms with Crippen LogP contribution in [0.1, 0.15) is 59.9 Å². The zero-order chi connectivity index (χ0) is 16.3. The third-order valence-corrected chi connectivity index (χ3v) is 4.92. The molecule has 0 amide bonds. The second-order valence-electron chi connectivity index (χ2n) is 6.29. The Labute approximate surface area is 133 Å². The van der Waals surface area contributed by atoms with Crippen molar-refractivity contribution in [2.75, 3.05) is 0 Å². The van der Waals surface area contributed by atoms with Crippen molar-refractivity contribution < 1.29 is 14.6 Å². The van der Waals surface area contributed by atoms with E-state index >= 15 is 0 Å². The number of hydrogen-bond acceptors (Lipinski definition) is 3. The van der Waals surface area contributed by atoms with Crippen LogP contribution in [0.15, 0.2) is 6.08 Å². The van der Waals surface area contributed by atoms with Crippen molar-refractivity contribution in [1.82, 2.24) is 0 Å². The van der Waals surface area contributed by atoms with Crippen molar-refractivity contribution in [3.8, 4) is 5.75 Å². The number of carbonyl (C=O) groups is 1. The molecule has 1 fully saturated rings. The van der Waals surface area contributed by atoms with Gasteiger partial charge in [0.15, 0.2) is 0 Å². The van der Waals surface area contributed by atoms with Crippen LogP contribution in [0, 0.1) is 27.7 Å². The van der Waals surface area contributed by atoms with E-state index < -0.39 is 0 Å². The molecule has 120 valence electrons. The lowest BCUT2D eigenvalue weighted by Gasteiger charge is -2.21. The molecule has 1 N–H and O–H groups in total. The van der Waals surface area contributed by atoms with Gasteiger partial charge in [0.25, 0.3) is 0 Å². The molecule has 0 atom stereocenters. The summed E-state index contributed by atoms with van der Waals surface area (Å²) in [6, 6.07) is 0. The SMILES string of the molecule is Cc1c(C)c(C)c(C=CC(=O)OC2CCCCC2)c(O)c1C. The van der Waals surface area contributed by atoms with Gasteiger partial charge in [0, 0.05) is 11.6 Å². The molecule has 0 unspecified atom stereocenters. The first-order valence-electron chi connectivity index (χ1n) is 8.09. The molecular formula is C19H26O3. The maximum absolute atomic E-state index is 12.0. The first-order valence-corrected chi connectivity index (χ1v) is 8.09. The van der Waals surface area contributed by atoms with E-state index in [0.717, 1.165) is 47.9 Å². The number of ether oxygens (including phenoxy) is 1. The summed E-state index contributed by atoms with van der Waals surface area (Å²) in [7, 11) is 0. The van der Waals surface area contributed by atoms with E-state index in [0.29, 0.717) is 5.56 Å². The summed E-state index contributed by atoms with van der Waals surface area (Å²) in [5, 5.41) is 10.3. The molecule has 0 saturated heterocycles. The van der Waals surface area contributed by atoms with E-state index in [1.165, 1.54) is 12.5 Å². The van der Waals surface area contributed by atoms with Crippen molar-refractivity contribution in [3.05, 3.63) is 33.9 Å². The quantitative estimate of drug-likeness (QED) is 0.660. The predicted octanol–water partition coefficient (Wildman–Crippen LogP) is 4.51. The van der Waals surface area contributed by atoms with Gasteiger partial charge in [-0.1, -0.05) is 6.42 Å². The summed E-state index contributed by atoms with van der Waals surface area (Å²) >= 11 is 0. The fourth-order valence-electron chi connectivity index (χ4n) is 3.06. The molecule has 0 spiro atoms. The lowest BCUT2D eigenvalue weighted by molar-refractivity contribution is -0.144. The molecule has 22 heavy (non-hydrogen) atoms. The van der Waals surface area contributed by atoms with Crippen molar-refractivity contribution in [1.29, 1.82) is 0 Å². The average molecular weight is 302 g/mol. The number of rotatable bonds is 3. The largest absolute Gasteiger partial charge is 0.507 e. The molecule has 0 aliphatic heterocycles. The second kappa shape index (κ2) is 6.99. The molecule has 0 aromatic heterocycles. The summed E-state index contributed by atoms with van der Waals surface area (Å²) in [5.74, 6) is -0.0658. The highest BCUT2D eigenvalue weighted by molar-refractivity contribution is 5.88. The normalized spacial score (nSPS) is 16.2. The fourth-order valence-corrected chi connectivity index (χ4v) is 3.06. The van der Waals surface area contributed by atoms with Crippen molar-refractivity contribution >= 4 is 12.0 Å². The van der Waals surface area contributed by atoms with Crippen LogP contribution >= 0.6 is 0 Å². The Morgan fingerprint density at radius 3 is 2.23 bits per heavy atom. The predicted molar refractivity (Wildman–Crippen MR) is 89.1 cm³/mol. The molecule has 1 aliphatic carbocycles. The Balaban J connectivity index is 2.14. The lowest BCUT2D eigenvalue weighted by atomic mass is 9.93. The maximum atomic E-state index is 12.0. The van der Waals surface area contributed by atoms with Gasteiger partial charge in [0.2, 0.25) is 0 Å². The van der Waals surface area contributed by atoms with Crippen LogP contribution in [0.3, 0.4) is 0 Å². The standard InChI is InChI=1S/C19H26O3/c1-12-13(2)15(4)19(21)17(14(12)3)10-11-18(20)22-16-8-6-5-7-9-16/h10-11,16,21H,5-9H2,1-4H3. The Kier molecular flexibility index (Phi) is 5.28. The average Bonchev–Trinajstić information content (AvgIpc) is 2.52. The highest BCUT2D eigenvalue weighted by Crippen LogP contribution is 2.32. The molecule has 2 rings (SSSR count). The van der Waals surface area contributed by atoms with E-state index in [1.54, 1.807) is 6.08 Å². The molecule has 3 nitrogen and oxygen atoms in total. The third-order valence-electron chi connectivity index (χ3n) is 4.92. The van der Waals surface area contributed by atoms with E-state index in [1.807, 2.05) is 27.7 Å². The van der Waals surface area contributed by atoms with Gasteiger partial charge in [0.1, 0.15) is 11.9 Å². The minimum atomic E-state index is -0.318. The Morgan fingerprint density at radius 1 is 1.00 bits per heavy atom. The van der Waals surface area contributed by atoms with Gasteiger partial charge >= 0.3 is 5.97 Å². The van der Waals surface area contributed by atoms with Crippen LogP contribution in [0.2, 0.25) is 0 Å². The van der Waals surface area contributed by atoms with Gasteiger partial charge in [0.05, 0.1) is 0 Å². The summed E-state index contributed by atoms with van der Waals surface area (Å²) in [5.41, 5.74) is 4.82. The fraction of sp³-hybridized carbons (Fsp3) is 0.526. The van der Waals surface area contributed by atoms with Gasteiger partial charge in [-0.3, -0.25) is 0 Å². The van der Waals surface area contributed by atoms with E-state index in [9.17, 15) is 9.90 Å². The highest BCUT2D eigenvalue weighted by Gasteiger charge is 2.17. The van der Waals surface area contributed by atoms with Crippen LogP contribution in [-0.2, 0) is 9.53 Å². The smallest absolute Gasteiger partial charge is 0.331 e. The van der Waals surface area contributed by atoms with Gasteiger partial charge < -0.3 is 9.84 Å². The topological polar surface area (TPSA) is 46.5 Å².